The molecule has 8 nitrogen and oxygen atoms in total. The van der Waals surface area contributed by atoms with Crippen LogP contribution in [0.25, 0.3) is 0 Å². The quantitative estimate of drug-likeness (QED) is 0.333. The third-order valence-corrected chi connectivity index (χ3v) is 4.86. The highest BCUT2D eigenvalue weighted by molar-refractivity contribution is 7.12. The molecule has 3 rings (SSSR count). The molecule has 0 spiro atoms. The molecule has 1 aromatic heterocycles. The number of anilines is 1. The van der Waals surface area contributed by atoms with Gasteiger partial charge in [0.15, 0.2) is 6.61 Å². The number of carbonyl (C=O) groups excluding carboxylic acids is 3. The second-order valence-corrected chi connectivity index (χ2v) is 6.64. The van der Waals surface area contributed by atoms with Crippen molar-refractivity contribution in [3.05, 3.63) is 56.8 Å². The first-order valence-corrected chi connectivity index (χ1v) is 8.62. The number of hydrogen-bond acceptors (Lipinski definition) is 7. The number of ether oxygens (including phenoxy) is 1. The van der Waals surface area contributed by atoms with Gasteiger partial charge in [-0.1, -0.05) is 12.1 Å². The molecule has 0 radical (unpaired) electrons. The smallest absolute Gasteiger partial charge is 0.311 e. The lowest BCUT2D eigenvalue weighted by Gasteiger charge is -2.16. The third kappa shape index (κ3) is 3.77. The van der Waals surface area contributed by atoms with Crippen LogP contribution in [0.15, 0.2) is 41.8 Å². The van der Waals surface area contributed by atoms with Crippen molar-refractivity contribution >= 4 is 40.4 Å². The van der Waals surface area contributed by atoms with Crippen LogP contribution in [0.2, 0.25) is 0 Å². The number of ketones is 1. The Balaban J connectivity index is 1.62. The number of non-ortho nitro benzene ring substituents is 1. The van der Waals surface area contributed by atoms with E-state index in [1.165, 1.54) is 34.4 Å². The molecule has 1 aromatic carbocycles. The largest absolute Gasteiger partial charge is 0.457 e. The lowest BCUT2D eigenvalue weighted by molar-refractivity contribution is -0.384. The van der Waals surface area contributed by atoms with E-state index in [1.54, 1.807) is 23.6 Å². The molecule has 1 aliphatic heterocycles. The fourth-order valence-electron chi connectivity index (χ4n) is 2.65. The van der Waals surface area contributed by atoms with E-state index in [0.29, 0.717) is 10.6 Å². The van der Waals surface area contributed by atoms with Gasteiger partial charge in [-0.15, -0.1) is 11.3 Å². The van der Waals surface area contributed by atoms with E-state index in [1.807, 2.05) is 0 Å². The summed E-state index contributed by atoms with van der Waals surface area (Å²) in [4.78, 5) is 48.3. The molecule has 0 aliphatic carbocycles. The number of carbonyl (C=O) groups is 3. The molecule has 1 amide bonds. The zero-order valence-electron chi connectivity index (χ0n) is 13.5. The summed E-state index contributed by atoms with van der Waals surface area (Å²) in [6.07, 6.45) is -0.0608. The summed E-state index contributed by atoms with van der Waals surface area (Å²) in [5.41, 5.74) is 0.219. The van der Waals surface area contributed by atoms with Crippen LogP contribution in [0, 0.1) is 16.0 Å². The maximum Gasteiger partial charge on any atom is 0.311 e. The number of nitrogens with zero attached hydrogens (tertiary/aromatic N) is 2. The fourth-order valence-corrected chi connectivity index (χ4v) is 3.30. The molecule has 0 saturated carbocycles. The van der Waals surface area contributed by atoms with Crippen molar-refractivity contribution < 1.29 is 24.0 Å². The fraction of sp³-hybridized carbons (Fsp3) is 0.235. The summed E-state index contributed by atoms with van der Waals surface area (Å²) in [5, 5.41) is 12.6. The molecule has 1 saturated heterocycles. The van der Waals surface area contributed by atoms with Gasteiger partial charge < -0.3 is 9.64 Å². The number of amides is 1. The molecule has 0 unspecified atom stereocenters. The topological polar surface area (TPSA) is 107 Å². The SMILES string of the molecule is O=C(COC(=O)[C@@H]1CC(=O)N(c2cccc([N+](=O)[O-])c2)C1)c1cccs1. The molecule has 1 aliphatic rings. The Kier molecular flexibility index (Phi) is 5.08. The van der Waals surface area contributed by atoms with Crippen molar-refractivity contribution in [2.75, 3.05) is 18.1 Å². The predicted molar refractivity (Wildman–Crippen MR) is 93.2 cm³/mol. The van der Waals surface area contributed by atoms with Crippen LogP contribution >= 0.6 is 11.3 Å². The average Bonchev–Trinajstić information content (AvgIpc) is 3.29. The third-order valence-electron chi connectivity index (χ3n) is 3.95. The maximum atomic E-state index is 12.2. The number of rotatable bonds is 6. The minimum Gasteiger partial charge on any atom is -0.457 e. The van der Waals surface area contributed by atoms with Gasteiger partial charge in [-0.3, -0.25) is 24.5 Å². The first-order chi connectivity index (χ1) is 12.5. The molecule has 9 heteroatoms. The van der Waals surface area contributed by atoms with Gasteiger partial charge in [0.2, 0.25) is 11.7 Å². The van der Waals surface area contributed by atoms with Gasteiger partial charge in [0.05, 0.1) is 21.4 Å². The zero-order valence-corrected chi connectivity index (χ0v) is 14.3. The Hall–Kier alpha value is -3.07. The summed E-state index contributed by atoms with van der Waals surface area (Å²) < 4.78 is 5.04. The Morgan fingerprint density at radius 3 is 2.81 bits per heavy atom. The van der Waals surface area contributed by atoms with Gasteiger partial charge in [0.25, 0.3) is 5.69 Å². The summed E-state index contributed by atoms with van der Waals surface area (Å²) in [6.45, 7) is -0.313. The minimum atomic E-state index is -0.710. The van der Waals surface area contributed by atoms with Crippen molar-refractivity contribution in [3.63, 3.8) is 0 Å². The number of hydrogen-bond donors (Lipinski definition) is 0. The van der Waals surface area contributed by atoms with Crippen molar-refractivity contribution in [1.29, 1.82) is 0 Å². The molecule has 2 heterocycles. The summed E-state index contributed by atoms with van der Waals surface area (Å²) >= 11 is 1.26. The highest BCUT2D eigenvalue weighted by Gasteiger charge is 2.36. The van der Waals surface area contributed by atoms with Crippen molar-refractivity contribution in [2.45, 2.75) is 6.42 Å². The van der Waals surface area contributed by atoms with Crippen molar-refractivity contribution in [1.82, 2.24) is 0 Å². The lowest BCUT2D eigenvalue weighted by atomic mass is 10.1. The van der Waals surface area contributed by atoms with Gasteiger partial charge in [-0.25, -0.2) is 0 Å². The highest BCUT2D eigenvalue weighted by Crippen LogP contribution is 2.28. The second kappa shape index (κ2) is 7.44. The average molecular weight is 374 g/mol. The first-order valence-electron chi connectivity index (χ1n) is 7.74. The van der Waals surface area contributed by atoms with Crippen LogP contribution in [0.5, 0.6) is 0 Å². The molecule has 1 fully saturated rings. The van der Waals surface area contributed by atoms with Crippen molar-refractivity contribution in [3.8, 4) is 0 Å². The van der Waals surface area contributed by atoms with Gasteiger partial charge >= 0.3 is 5.97 Å². The Morgan fingerprint density at radius 2 is 2.12 bits per heavy atom. The molecule has 134 valence electrons. The van der Waals surface area contributed by atoms with Gasteiger partial charge in [-0.2, -0.15) is 0 Å². The van der Waals surface area contributed by atoms with E-state index in [-0.39, 0.29) is 37.0 Å². The van der Waals surface area contributed by atoms with Crippen LogP contribution in [0.3, 0.4) is 0 Å². The van der Waals surface area contributed by atoms with Gasteiger partial charge in [0.1, 0.15) is 0 Å². The van der Waals surface area contributed by atoms with Crippen LogP contribution in [-0.4, -0.2) is 35.7 Å². The number of Topliss-reactive ketones (excluding diaryl/α,β-unsaturated/α-hetero) is 1. The van der Waals surface area contributed by atoms with Crippen LogP contribution < -0.4 is 4.90 Å². The molecule has 26 heavy (non-hydrogen) atoms. The number of thiophene rings is 1. The Labute approximate surface area is 152 Å². The predicted octanol–water partition coefficient (Wildman–Crippen LogP) is 2.44. The molecule has 1 atom stereocenters. The number of nitro groups is 1. The standard InChI is InChI=1S/C17H14N2O6S/c20-14(15-5-2-6-26-15)10-25-17(22)11-7-16(21)18(9-11)12-3-1-4-13(8-12)19(23)24/h1-6,8,11H,7,9-10H2/t11-/m1/s1. The molecule has 2 aromatic rings. The van der Waals surface area contributed by atoms with E-state index in [4.69, 9.17) is 4.74 Å². The summed E-state index contributed by atoms with van der Waals surface area (Å²) in [5.74, 6) is -1.96. The Bertz CT molecular complexity index is 864. The van der Waals surface area contributed by atoms with Crippen molar-refractivity contribution in [2.24, 2.45) is 5.92 Å². The monoisotopic (exact) mass is 374 g/mol. The van der Waals surface area contributed by atoms with Gasteiger partial charge in [-0.05, 0) is 17.5 Å². The Morgan fingerprint density at radius 1 is 1.31 bits per heavy atom. The molecular formula is C17H14N2O6S. The lowest BCUT2D eigenvalue weighted by Crippen LogP contribution is -2.27. The van der Waals surface area contributed by atoms with E-state index in [0.717, 1.165) is 0 Å². The van der Waals surface area contributed by atoms with E-state index in [9.17, 15) is 24.5 Å². The molecule has 0 bridgehead atoms. The van der Waals surface area contributed by atoms with Crippen LogP contribution in [0.4, 0.5) is 11.4 Å². The van der Waals surface area contributed by atoms with E-state index >= 15 is 0 Å². The van der Waals surface area contributed by atoms with E-state index < -0.39 is 16.8 Å². The molecular weight excluding hydrogens is 360 g/mol. The summed E-state index contributed by atoms with van der Waals surface area (Å²) in [6, 6.07) is 9.03. The number of benzene rings is 1. The van der Waals surface area contributed by atoms with Crippen LogP contribution in [0.1, 0.15) is 16.1 Å². The minimum absolute atomic E-state index is 0.0608. The second-order valence-electron chi connectivity index (χ2n) is 5.69. The van der Waals surface area contributed by atoms with Crippen LogP contribution in [-0.2, 0) is 14.3 Å². The first kappa shape index (κ1) is 17.7. The molecule has 0 N–H and O–H groups in total. The number of esters is 1. The normalized spacial score (nSPS) is 16.5. The zero-order chi connectivity index (χ0) is 18.7. The van der Waals surface area contributed by atoms with Gasteiger partial charge in [0, 0.05) is 25.1 Å². The summed E-state index contributed by atoms with van der Waals surface area (Å²) in [7, 11) is 0. The highest BCUT2D eigenvalue weighted by atomic mass is 32.1. The number of nitro benzene ring substituents is 1. The maximum absolute atomic E-state index is 12.2. The van der Waals surface area contributed by atoms with E-state index in [2.05, 4.69) is 0 Å².